The van der Waals surface area contributed by atoms with Crippen molar-refractivity contribution in [2.75, 3.05) is 39.8 Å². The molecule has 0 bridgehead atoms. The molecule has 0 N–H and O–H groups in total. The van der Waals surface area contributed by atoms with Gasteiger partial charge in [0.2, 0.25) is 26.0 Å². The van der Waals surface area contributed by atoms with Crippen molar-refractivity contribution in [3.05, 3.63) is 60.2 Å². The second-order valence-corrected chi connectivity index (χ2v) is 12.2. The summed E-state index contributed by atoms with van der Waals surface area (Å²) in [7, 11) is -6.06. The number of benzene rings is 2. The molecule has 0 spiro atoms. The first-order valence-electron chi connectivity index (χ1n) is 11.0. The standard InChI is InChI=1S/C23H31N3O5S2/c1-4-19(2)20-10-12-22(13-11-20)33(30,31)26-16-14-25(15-17-26)23(27)18-24(3)32(28,29)21-8-6-5-7-9-21/h5-13,19H,4,14-18H2,1-3H3. The van der Waals surface area contributed by atoms with E-state index in [4.69, 9.17) is 0 Å². The van der Waals surface area contributed by atoms with E-state index in [1.54, 1.807) is 30.3 Å². The molecule has 2 aromatic carbocycles. The highest BCUT2D eigenvalue weighted by atomic mass is 32.2. The summed E-state index contributed by atoms with van der Waals surface area (Å²) in [6.07, 6.45) is 0.976. The van der Waals surface area contributed by atoms with Gasteiger partial charge in [0.1, 0.15) is 0 Å². The Kier molecular flexibility index (Phi) is 7.94. The smallest absolute Gasteiger partial charge is 0.243 e. The quantitative estimate of drug-likeness (QED) is 0.563. The van der Waals surface area contributed by atoms with Crippen LogP contribution in [0.2, 0.25) is 0 Å². The Balaban J connectivity index is 1.60. The molecule has 1 atom stereocenters. The van der Waals surface area contributed by atoms with Crippen LogP contribution in [0.25, 0.3) is 0 Å². The predicted octanol–water partition coefficient (Wildman–Crippen LogP) is 2.35. The van der Waals surface area contributed by atoms with Gasteiger partial charge in [0.15, 0.2) is 0 Å². The van der Waals surface area contributed by atoms with Crippen LogP contribution in [0, 0.1) is 0 Å². The zero-order valence-electron chi connectivity index (χ0n) is 19.2. The number of amides is 1. The fraction of sp³-hybridized carbons (Fsp3) is 0.435. The van der Waals surface area contributed by atoms with Gasteiger partial charge >= 0.3 is 0 Å². The van der Waals surface area contributed by atoms with Crippen molar-refractivity contribution in [1.29, 1.82) is 0 Å². The van der Waals surface area contributed by atoms with Gasteiger partial charge in [-0.15, -0.1) is 0 Å². The Labute approximate surface area is 196 Å². The first-order chi connectivity index (χ1) is 15.6. The van der Waals surface area contributed by atoms with Gasteiger partial charge in [0.05, 0.1) is 16.3 Å². The number of carbonyl (C=O) groups excluding carboxylic acids is 1. The van der Waals surface area contributed by atoms with Crippen molar-refractivity contribution >= 4 is 26.0 Å². The van der Waals surface area contributed by atoms with Crippen LogP contribution in [0.1, 0.15) is 31.7 Å². The highest BCUT2D eigenvalue weighted by molar-refractivity contribution is 7.89. The molecule has 1 saturated heterocycles. The molecule has 2 aromatic rings. The van der Waals surface area contributed by atoms with Crippen LogP contribution < -0.4 is 0 Å². The van der Waals surface area contributed by atoms with Crippen molar-refractivity contribution in [2.45, 2.75) is 36.0 Å². The zero-order chi connectivity index (χ0) is 24.2. The maximum Gasteiger partial charge on any atom is 0.243 e. The third-order valence-electron chi connectivity index (χ3n) is 6.10. The number of carbonyl (C=O) groups is 1. The van der Waals surface area contributed by atoms with Crippen LogP contribution in [0.4, 0.5) is 0 Å². The number of rotatable bonds is 8. The minimum Gasteiger partial charge on any atom is -0.339 e. The fourth-order valence-electron chi connectivity index (χ4n) is 3.68. The highest BCUT2D eigenvalue weighted by Crippen LogP contribution is 2.23. The van der Waals surface area contributed by atoms with Gasteiger partial charge in [-0.05, 0) is 42.2 Å². The summed E-state index contributed by atoms with van der Waals surface area (Å²) in [4.78, 5) is 14.6. The van der Waals surface area contributed by atoms with E-state index in [1.165, 1.54) is 28.4 Å². The molecule has 1 amide bonds. The van der Waals surface area contributed by atoms with E-state index < -0.39 is 20.0 Å². The lowest BCUT2D eigenvalue weighted by Crippen LogP contribution is -2.52. The van der Waals surface area contributed by atoms with Crippen LogP contribution in [0.3, 0.4) is 0 Å². The first-order valence-corrected chi connectivity index (χ1v) is 13.8. The first kappa shape index (κ1) is 25.4. The Morgan fingerprint density at radius 1 is 0.909 bits per heavy atom. The van der Waals surface area contributed by atoms with Crippen molar-refractivity contribution in [2.24, 2.45) is 0 Å². The number of sulfonamides is 2. The number of hydrogen-bond acceptors (Lipinski definition) is 5. The molecule has 1 unspecified atom stereocenters. The molecular formula is C23H31N3O5S2. The van der Waals surface area contributed by atoms with E-state index >= 15 is 0 Å². The number of nitrogens with zero attached hydrogens (tertiary/aromatic N) is 3. The summed E-state index contributed by atoms with van der Waals surface area (Å²) in [5, 5.41) is 0. The second kappa shape index (κ2) is 10.3. The van der Waals surface area contributed by atoms with Gasteiger partial charge in [-0.1, -0.05) is 44.2 Å². The van der Waals surface area contributed by atoms with Gasteiger partial charge in [-0.3, -0.25) is 4.79 Å². The molecule has 33 heavy (non-hydrogen) atoms. The average Bonchev–Trinajstić information content (AvgIpc) is 2.84. The third kappa shape index (κ3) is 5.63. The lowest BCUT2D eigenvalue weighted by Gasteiger charge is -2.34. The van der Waals surface area contributed by atoms with Crippen molar-refractivity contribution in [1.82, 2.24) is 13.5 Å². The largest absolute Gasteiger partial charge is 0.339 e. The van der Waals surface area contributed by atoms with E-state index in [2.05, 4.69) is 13.8 Å². The Bertz CT molecular complexity index is 1160. The normalized spacial score (nSPS) is 16.7. The van der Waals surface area contributed by atoms with Crippen LogP contribution in [-0.2, 0) is 24.8 Å². The molecule has 0 aromatic heterocycles. The maximum absolute atomic E-state index is 13.0. The minimum atomic E-state index is -3.78. The molecular weight excluding hydrogens is 462 g/mol. The molecule has 1 aliphatic heterocycles. The van der Waals surface area contributed by atoms with Gasteiger partial charge in [-0.25, -0.2) is 16.8 Å². The Morgan fingerprint density at radius 3 is 2.03 bits per heavy atom. The summed E-state index contributed by atoms with van der Waals surface area (Å²) in [5.41, 5.74) is 1.10. The van der Waals surface area contributed by atoms with Gasteiger partial charge < -0.3 is 4.90 Å². The second-order valence-electron chi connectivity index (χ2n) is 8.24. The average molecular weight is 494 g/mol. The summed E-state index contributed by atoms with van der Waals surface area (Å²) < 4.78 is 53.7. The monoisotopic (exact) mass is 493 g/mol. The fourth-order valence-corrected chi connectivity index (χ4v) is 6.24. The molecule has 1 fully saturated rings. The lowest BCUT2D eigenvalue weighted by molar-refractivity contribution is -0.132. The molecule has 0 saturated carbocycles. The summed E-state index contributed by atoms with van der Waals surface area (Å²) in [5.74, 6) is 0.00658. The summed E-state index contributed by atoms with van der Waals surface area (Å²) in [6, 6.07) is 14.9. The van der Waals surface area contributed by atoms with Crippen LogP contribution in [0.5, 0.6) is 0 Å². The molecule has 1 aliphatic rings. The Hall–Kier alpha value is -2.27. The van der Waals surface area contributed by atoms with Crippen molar-refractivity contribution in [3.8, 4) is 0 Å². The zero-order valence-corrected chi connectivity index (χ0v) is 20.8. The van der Waals surface area contributed by atoms with Crippen LogP contribution in [0.15, 0.2) is 64.4 Å². The predicted molar refractivity (Wildman–Crippen MR) is 127 cm³/mol. The lowest BCUT2D eigenvalue weighted by atomic mass is 9.99. The molecule has 8 nitrogen and oxygen atoms in total. The molecule has 180 valence electrons. The molecule has 0 radical (unpaired) electrons. The maximum atomic E-state index is 13.0. The van der Waals surface area contributed by atoms with Gasteiger partial charge in [-0.2, -0.15) is 8.61 Å². The highest BCUT2D eigenvalue weighted by Gasteiger charge is 2.31. The van der Waals surface area contributed by atoms with Crippen LogP contribution >= 0.6 is 0 Å². The van der Waals surface area contributed by atoms with E-state index in [-0.39, 0.29) is 48.4 Å². The molecule has 3 rings (SSSR count). The van der Waals surface area contributed by atoms with E-state index in [0.29, 0.717) is 5.92 Å². The molecule has 1 heterocycles. The van der Waals surface area contributed by atoms with Crippen molar-refractivity contribution < 1.29 is 21.6 Å². The van der Waals surface area contributed by atoms with Crippen molar-refractivity contribution in [3.63, 3.8) is 0 Å². The summed E-state index contributed by atoms with van der Waals surface area (Å²) >= 11 is 0. The number of likely N-dealkylation sites (N-methyl/N-ethyl adjacent to an activating group) is 1. The van der Waals surface area contributed by atoms with Crippen LogP contribution in [-0.4, -0.2) is 76.0 Å². The van der Waals surface area contributed by atoms with E-state index in [0.717, 1.165) is 16.3 Å². The van der Waals surface area contributed by atoms with E-state index in [9.17, 15) is 21.6 Å². The third-order valence-corrected chi connectivity index (χ3v) is 9.83. The topological polar surface area (TPSA) is 95.1 Å². The SMILES string of the molecule is CCC(C)c1ccc(S(=O)(=O)N2CCN(C(=O)CN(C)S(=O)(=O)c3ccccc3)CC2)cc1. The molecule has 0 aliphatic carbocycles. The minimum absolute atomic E-state index is 0.121. The number of hydrogen-bond donors (Lipinski definition) is 0. The number of piperazine rings is 1. The van der Waals surface area contributed by atoms with E-state index in [1.807, 2.05) is 12.1 Å². The van der Waals surface area contributed by atoms with Gasteiger partial charge in [0.25, 0.3) is 0 Å². The van der Waals surface area contributed by atoms with Gasteiger partial charge in [0, 0.05) is 33.2 Å². The summed E-state index contributed by atoms with van der Waals surface area (Å²) in [6.45, 7) is 4.63. The molecule has 10 heteroatoms. The Morgan fingerprint density at radius 2 is 1.48 bits per heavy atom.